The van der Waals surface area contributed by atoms with E-state index < -0.39 is 0 Å². The second-order valence-electron chi connectivity index (χ2n) is 4.36. The Bertz CT molecular complexity index is 661. The minimum atomic E-state index is -0.257. The van der Waals surface area contributed by atoms with E-state index in [4.69, 9.17) is 12.2 Å². The molecule has 0 atom stereocenters. The third kappa shape index (κ3) is 4.54. The molecule has 0 radical (unpaired) electrons. The number of carbonyl (C=O) groups is 1. The van der Waals surface area contributed by atoms with Crippen molar-refractivity contribution in [3.8, 4) is 0 Å². The molecule has 4 nitrogen and oxygen atoms in total. The monoisotopic (exact) mass is 363 g/mol. The van der Waals surface area contributed by atoms with Crippen LogP contribution in [0.2, 0.25) is 0 Å². The van der Waals surface area contributed by atoms with E-state index in [-0.39, 0.29) is 5.91 Å². The lowest BCUT2D eigenvalue weighted by Gasteiger charge is -2.12. The minimum Gasteiger partial charge on any atom is -0.331 e. The van der Waals surface area contributed by atoms with Gasteiger partial charge in [0, 0.05) is 15.7 Å². The molecule has 1 amide bonds. The smallest absolute Gasteiger partial charge is 0.269 e. The van der Waals surface area contributed by atoms with Gasteiger partial charge in [-0.05, 0) is 49.0 Å². The molecule has 0 aliphatic carbocycles. The molecule has 0 fully saturated rings. The molecule has 0 saturated carbocycles. The van der Waals surface area contributed by atoms with Crippen LogP contribution in [0.25, 0.3) is 0 Å². The van der Waals surface area contributed by atoms with Crippen molar-refractivity contribution in [2.24, 2.45) is 0 Å². The summed E-state index contributed by atoms with van der Waals surface area (Å²) in [6, 6.07) is 14.9. The van der Waals surface area contributed by atoms with E-state index in [9.17, 15) is 4.79 Å². The van der Waals surface area contributed by atoms with E-state index >= 15 is 0 Å². The number of rotatable bonds is 2. The summed E-state index contributed by atoms with van der Waals surface area (Å²) in [4.78, 5) is 12.0. The number of thiocarbonyl (C=S) groups is 1. The molecule has 2 rings (SSSR count). The lowest BCUT2D eigenvalue weighted by Crippen LogP contribution is -2.43. The number of carbonyl (C=O) groups excluding carboxylic acids is 1. The zero-order valence-corrected chi connectivity index (χ0v) is 13.7. The molecule has 0 heterocycles. The number of hydrogen-bond donors (Lipinski definition) is 3. The van der Waals surface area contributed by atoms with Crippen molar-refractivity contribution in [2.45, 2.75) is 6.92 Å². The molecule has 2 aromatic rings. The van der Waals surface area contributed by atoms with Gasteiger partial charge in [-0.3, -0.25) is 15.6 Å². The molecular weight excluding hydrogens is 350 g/mol. The first-order valence-corrected chi connectivity index (χ1v) is 7.45. The molecule has 0 bridgehead atoms. The number of aryl methyl sites for hydroxylation is 1. The summed E-state index contributed by atoms with van der Waals surface area (Å²) < 4.78 is 0.889. The van der Waals surface area contributed by atoms with Crippen LogP contribution in [0.3, 0.4) is 0 Å². The Morgan fingerprint density at radius 2 is 1.81 bits per heavy atom. The zero-order valence-electron chi connectivity index (χ0n) is 11.3. The highest BCUT2D eigenvalue weighted by molar-refractivity contribution is 9.10. The van der Waals surface area contributed by atoms with Gasteiger partial charge in [-0.15, -0.1) is 0 Å². The van der Waals surface area contributed by atoms with Crippen molar-refractivity contribution >= 4 is 44.9 Å². The lowest BCUT2D eigenvalue weighted by atomic mass is 10.1. The molecule has 6 heteroatoms. The van der Waals surface area contributed by atoms with Crippen LogP contribution in [0.1, 0.15) is 15.9 Å². The number of nitrogens with one attached hydrogen (secondary N) is 3. The van der Waals surface area contributed by atoms with Crippen molar-refractivity contribution in [3.63, 3.8) is 0 Å². The summed E-state index contributed by atoms with van der Waals surface area (Å²) in [5.74, 6) is -0.257. The van der Waals surface area contributed by atoms with Gasteiger partial charge in [-0.1, -0.05) is 40.2 Å². The van der Waals surface area contributed by atoms with Gasteiger partial charge in [-0.25, -0.2) is 0 Å². The van der Waals surface area contributed by atoms with Crippen LogP contribution in [0.5, 0.6) is 0 Å². The zero-order chi connectivity index (χ0) is 15.2. The molecular formula is C15H14BrN3OS. The van der Waals surface area contributed by atoms with Gasteiger partial charge in [0.25, 0.3) is 5.91 Å². The predicted octanol–water partition coefficient (Wildman–Crippen LogP) is 3.39. The van der Waals surface area contributed by atoms with Crippen LogP contribution in [0, 0.1) is 6.92 Å². The molecule has 0 saturated heterocycles. The third-order valence-electron chi connectivity index (χ3n) is 2.76. The largest absolute Gasteiger partial charge is 0.331 e. The van der Waals surface area contributed by atoms with Gasteiger partial charge in [0.2, 0.25) is 0 Å². The average Bonchev–Trinajstić information content (AvgIpc) is 2.48. The van der Waals surface area contributed by atoms with Crippen molar-refractivity contribution in [1.82, 2.24) is 10.9 Å². The summed E-state index contributed by atoms with van der Waals surface area (Å²) in [6.07, 6.45) is 0. The molecule has 0 unspecified atom stereocenters. The van der Waals surface area contributed by atoms with Gasteiger partial charge in [0.15, 0.2) is 5.11 Å². The third-order valence-corrected chi connectivity index (χ3v) is 3.81. The van der Waals surface area contributed by atoms with Crippen LogP contribution >= 0.6 is 28.1 Å². The Hall–Kier alpha value is -1.92. The molecule has 2 aromatic carbocycles. The van der Waals surface area contributed by atoms with Gasteiger partial charge >= 0.3 is 0 Å². The highest BCUT2D eigenvalue weighted by Crippen LogP contribution is 2.17. The fraction of sp³-hybridized carbons (Fsp3) is 0.0667. The number of hydrogen-bond acceptors (Lipinski definition) is 2. The Morgan fingerprint density at radius 3 is 2.48 bits per heavy atom. The highest BCUT2D eigenvalue weighted by atomic mass is 79.9. The summed E-state index contributed by atoms with van der Waals surface area (Å²) in [7, 11) is 0. The average molecular weight is 364 g/mol. The maximum Gasteiger partial charge on any atom is 0.269 e. The number of amides is 1. The maximum absolute atomic E-state index is 12.0. The molecule has 0 aliphatic rings. The Kier molecular flexibility index (Phi) is 5.30. The second kappa shape index (κ2) is 7.19. The quantitative estimate of drug-likeness (QED) is 0.565. The van der Waals surface area contributed by atoms with E-state index in [2.05, 4.69) is 32.1 Å². The Balaban J connectivity index is 1.89. The van der Waals surface area contributed by atoms with E-state index in [1.54, 1.807) is 12.1 Å². The van der Waals surface area contributed by atoms with Crippen LogP contribution in [0.4, 0.5) is 5.69 Å². The van der Waals surface area contributed by atoms with E-state index in [0.717, 1.165) is 15.7 Å². The van der Waals surface area contributed by atoms with Crippen LogP contribution in [-0.2, 0) is 0 Å². The van der Waals surface area contributed by atoms with Gasteiger partial charge in [-0.2, -0.15) is 0 Å². The minimum absolute atomic E-state index is 0.257. The fourth-order valence-corrected chi connectivity index (χ4v) is 2.15. The van der Waals surface area contributed by atoms with Crippen LogP contribution in [0.15, 0.2) is 53.0 Å². The number of hydrazine groups is 1. The van der Waals surface area contributed by atoms with Gasteiger partial charge in [0.05, 0.1) is 0 Å². The predicted molar refractivity (Wildman–Crippen MR) is 92.1 cm³/mol. The second-order valence-corrected chi connectivity index (χ2v) is 5.63. The standard InChI is InChI=1S/C15H14BrN3OS/c1-10-7-8-11(9-13(10)16)14(20)18-19-15(21)17-12-5-3-2-4-6-12/h2-9H,1H3,(H,18,20)(H2,17,19,21). The Labute approximate surface area is 137 Å². The normalized spacial score (nSPS) is 9.81. The van der Waals surface area contributed by atoms with Crippen molar-refractivity contribution in [1.29, 1.82) is 0 Å². The highest BCUT2D eigenvalue weighted by Gasteiger charge is 2.07. The van der Waals surface area contributed by atoms with Gasteiger partial charge < -0.3 is 5.32 Å². The summed E-state index contributed by atoms with van der Waals surface area (Å²) in [5, 5.41) is 3.29. The lowest BCUT2D eigenvalue weighted by molar-refractivity contribution is 0.0944. The van der Waals surface area contributed by atoms with Gasteiger partial charge in [0.1, 0.15) is 0 Å². The number of halogens is 1. The van der Waals surface area contributed by atoms with Crippen molar-refractivity contribution in [3.05, 3.63) is 64.1 Å². The van der Waals surface area contributed by atoms with E-state index in [0.29, 0.717) is 10.7 Å². The first-order valence-electron chi connectivity index (χ1n) is 6.25. The molecule has 0 spiro atoms. The summed E-state index contributed by atoms with van der Waals surface area (Å²) in [5.41, 5.74) is 7.68. The molecule has 108 valence electrons. The summed E-state index contributed by atoms with van der Waals surface area (Å²) >= 11 is 8.50. The topological polar surface area (TPSA) is 53.2 Å². The van der Waals surface area contributed by atoms with Crippen LogP contribution < -0.4 is 16.2 Å². The molecule has 0 aromatic heterocycles. The molecule has 3 N–H and O–H groups in total. The maximum atomic E-state index is 12.0. The van der Waals surface area contributed by atoms with Crippen molar-refractivity contribution in [2.75, 3.05) is 5.32 Å². The molecule has 0 aliphatic heterocycles. The molecule has 21 heavy (non-hydrogen) atoms. The first-order chi connectivity index (χ1) is 10.1. The summed E-state index contributed by atoms with van der Waals surface area (Å²) in [6.45, 7) is 1.96. The van der Waals surface area contributed by atoms with E-state index in [1.807, 2.05) is 43.3 Å². The number of anilines is 1. The van der Waals surface area contributed by atoms with E-state index in [1.165, 1.54) is 0 Å². The number of para-hydroxylation sites is 1. The van der Waals surface area contributed by atoms with Crippen LogP contribution in [-0.4, -0.2) is 11.0 Å². The Morgan fingerprint density at radius 1 is 1.10 bits per heavy atom. The first kappa shape index (κ1) is 15.5. The number of benzene rings is 2. The SMILES string of the molecule is Cc1ccc(C(=O)NNC(=S)Nc2ccccc2)cc1Br. The fourth-order valence-electron chi connectivity index (χ4n) is 1.60. The van der Waals surface area contributed by atoms with Crippen molar-refractivity contribution < 1.29 is 4.79 Å².